The monoisotopic (exact) mass is 400 g/mol. The van der Waals surface area contributed by atoms with Gasteiger partial charge < -0.3 is 15.0 Å². The lowest BCUT2D eigenvalue weighted by Crippen LogP contribution is -2.27. The zero-order chi connectivity index (χ0) is 20.0. The summed E-state index contributed by atoms with van der Waals surface area (Å²) >= 11 is 1.13. The number of thioether (sulfide) groups is 1. The second-order valence-corrected chi connectivity index (χ2v) is 6.74. The van der Waals surface area contributed by atoms with E-state index in [4.69, 9.17) is 4.74 Å². The number of halogens is 3. The molecule has 2 rings (SSSR count). The Balaban J connectivity index is 2.26. The number of urea groups is 1. The number of anilines is 1. The van der Waals surface area contributed by atoms with Crippen molar-refractivity contribution in [1.82, 2.24) is 14.9 Å². The van der Waals surface area contributed by atoms with Gasteiger partial charge in [0.1, 0.15) is 5.75 Å². The number of rotatable bonds is 6. The number of benzene rings is 1. The highest BCUT2D eigenvalue weighted by Gasteiger charge is 2.34. The summed E-state index contributed by atoms with van der Waals surface area (Å²) in [5.41, 5.74) is -0.625. The van der Waals surface area contributed by atoms with Crippen molar-refractivity contribution in [3.05, 3.63) is 36.0 Å². The lowest BCUT2D eigenvalue weighted by Gasteiger charge is -2.13. The van der Waals surface area contributed by atoms with Gasteiger partial charge in [0.2, 0.25) is 5.88 Å². The molecule has 1 aromatic heterocycles. The Labute approximate surface area is 159 Å². The third kappa shape index (κ3) is 6.31. The molecule has 27 heavy (non-hydrogen) atoms. The molecule has 0 saturated carbocycles. The number of ether oxygens (including phenoxy) is 1. The van der Waals surface area contributed by atoms with Crippen molar-refractivity contribution in [2.24, 2.45) is 0 Å². The number of aromatic nitrogens is 2. The van der Waals surface area contributed by atoms with E-state index in [0.717, 1.165) is 24.2 Å². The summed E-state index contributed by atoms with van der Waals surface area (Å²) in [6, 6.07) is 6.71. The third-order valence-corrected chi connectivity index (χ3v) is 4.17. The number of nitrogens with zero attached hydrogens (tertiary/aromatic N) is 3. The maximum atomic E-state index is 13.1. The molecule has 1 heterocycles. The van der Waals surface area contributed by atoms with Gasteiger partial charge in [0.15, 0.2) is 10.9 Å². The van der Waals surface area contributed by atoms with Crippen molar-refractivity contribution in [3.63, 3.8) is 0 Å². The lowest BCUT2D eigenvalue weighted by molar-refractivity contribution is -0.141. The Kier molecular flexibility index (Phi) is 6.89. The average molecular weight is 400 g/mol. The van der Waals surface area contributed by atoms with Crippen LogP contribution in [0.4, 0.5) is 23.7 Å². The van der Waals surface area contributed by atoms with Crippen LogP contribution in [0.2, 0.25) is 0 Å². The molecule has 0 aliphatic carbocycles. The molecule has 0 radical (unpaired) electrons. The summed E-state index contributed by atoms with van der Waals surface area (Å²) < 4.78 is 44.7. The van der Waals surface area contributed by atoms with Gasteiger partial charge in [0.25, 0.3) is 0 Å². The van der Waals surface area contributed by atoms with Gasteiger partial charge >= 0.3 is 12.2 Å². The molecule has 146 valence electrons. The standard InChI is InChI=1S/C17H19F3N4O2S/c1-4-8-27-15-22-13(17(18,19)20)10-14(23-15)26-12-7-5-6-11(9-12)21-16(25)24(2)3/h5-7,9-10H,4,8H2,1-3H3,(H,21,25). The Bertz CT molecular complexity index is 800. The third-order valence-electron chi connectivity index (χ3n) is 3.12. The van der Waals surface area contributed by atoms with Gasteiger partial charge in [-0.15, -0.1) is 0 Å². The van der Waals surface area contributed by atoms with E-state index in [-0.39, 0.29) is 22.8 Å². The Morgan fingerprint density at radius 1 is 1.26 bits per heavy atom. The molecular formula is C17H19F3N4O2S. The van der Waals surface area contributed by atoms with Crippen molar-refractivity contribution in [1.29, 1.82) is 0 Å². The second-order valence-electron chi connectivity index (χ2n) is 5.67. The van der Waals surface area contributed by atoms with Crippen LogP contribution in [-0.2, 0) is 6.18 Å². The van der Waals surface area contributed by atoms with Crippen LogP contribution in [0, 0.1) is 0 Å². The predicted octanol–water partition coefficient (Wildman–Crippen LogP) is 4.88. The van der Waals surface area contributed by atoms with E-state index in [1.165, 1.54) is 11.0 Å². The van der Waals surface area contributed by atoms with Crippen LogP contribution in [0.1, 0.15) is 19.0 Å². The quantitative estimate of drug-likeness (QED) is 0.553. The molecule has 1 N–H and O–H groups in total. The molecule has 0 saturated heterocycles. The Morgan fingerprint density at radius 3 is 2.63 bits per heavy atom. The molecule has 0 unspecified atom stereocenters. The lowest BCUT2D eigenvalue weighted by atomic mass is 10.3. The van der Waals surface area contributed by atoms with E-state index >= 15 is 0 Å². The molecule has 0 atom stereocenters. The van der Waals surface area contributed by atoms with Crippen LogP contribution in [-0.4, -0.2) is 40.7 Å². The first-order valence-corrected chi connectivity index (χ1v) is 9.03. The number of hydrogen-bond acceptors (Lipinski definition) is 5. The summed E-state index contributed by atoms with van der Waals surface area (Å²) in [5, 5.41) is 2.63. The second kappa shape index (κ2) is 8.94. The largest absolute Gasteiger partial charge is 0.439 e. The summed E-state index contributed by atoms with van der Waals surface area (Å²) in [6.07, 6.45) is -3.84. The van der Waals surface area contributed by atoms with Crippen molar-refractivity contribution in [2.45, 2.75) is 24.7 Å². The number of nitrogens with one attached hydrogen (secondary N) is 1. The number of alkyl halides is 3. The molecule has 0 bridgehead atoms. The highest BCUT2D eigenvalue weighted by Crippen LogP contribution is 2.33. The highest BCUT2D eigenvalue weighted by molar-refractivity contribution is 7.99. The van der Waals surface area contributed by atoms with Crippen molar-refractivity contribution in [3.8, 4) is 11.6 Å². The minimum atomic E-state index is -4.61. The summed E-state index contributed by atoms with van der Waals surface area (Å²) in [6.45, 7) is 1.91. The minimum Gasteiger partial charge on any atom is -0.439 e. The number of carbonyl (C=O) groups excluding carboxylic acids is 1. The van der Waals surface area contributed by atoms with E-state index in [1.54, 1.807) is 32.3 Å². The maximum absolute atomic E-state index is 13.1. The fourth-order valence-electron chi connectivity index (χ4n) is 1.85. The Morgan fingerprint density at radius 2 is 2.00 bits per heavy atom. The van der Waals surface area contributed by atoms with Crippen LogP contribution in [0.3, 0.4) is 0 Å². The molecule has 0 fully saturated rings. The molecular weight excluding hydrogens is 381 g/mol. The number of amides is 2. The fraction of sp³-hybridized carbons (Fsp3) is 0.353. The molecule has 10 heteroatoms. The van der Waals surface area contributed by atoms with Gasteiger partial charge in [-0.2, -0.15) is 18.2 Å². The zero-order valence-electron chi connectivity index (χ0n) is 15.0. The summed E-state index contributed by atoms with van der Waals surface area (Å²) in [5.74, 6) is 0.615. The van der Waals surface area contributed by atoms with Gasteiger partial charge in [0, 0.05) is 37.7 Å². The topological polar surface area (TPSA) is 67.3 Å². The van der Waals surface area contributed by atoms with E-state index in [0.29, 0.717) is 11.4 Å². The van der Waals surface area contributed by atoms with E-state index in [1.807, 2.05) is 6.92 Å². The highest BCUT2D eigenvalue weighted by atomic mass is 32.2. The first kappa shape index (κ1) is 20.8. The van der Waals surface area contributed by atoms with Crippen LogP contribution in [0.5, 0.6) is 11.6 Å². The van der Waals surface area contributed by atoms with Crippen molar-refractivity contribution < 1.29 is 22.7 Å². The van der Waals surface area contributed by atoms with E-state index in [9.17, 15) is 18.0 Å². The van der Waals surface area contributed by atoms with Gasteiger partial charge in [-0.1, -0.05) is 24.8 Å². The van der Waals surface area contributed by atoms with Gasteiger partial charge in [-0.05, 0) is 18.6 Å². The first-order valence-electron chi connectivity index (χ1n) is 8.04. The van der Waals surface area contributed by atoms with Crippen molar-refractivity contribution >= 4 is 23.5 Å². The summed E-state index contributed by atoms with van der Waals surface area (Å²) in [4.78, 5) is 20.6. The van der Waals surface area contributed by atoms with E-state index < -0.39 is 11.9 Å². The molecule has 0 spiro atoms. The van der Waals surface area contributed by atoms with Crippen LogP contribution >= 0.6 is 11.8 Å². The number of hydrogen-bond donors (Lipinski definition) is 1. The van der Waals surface area contributed by atoms with Crippen molar-refractivity contribution in [2.75, 3.05) is 25.2 Å². The Hall–Kier alpha value is -2.49. The normalized spacial score (nSPS) is 11.2. The smallest absolute Gasteiger partial charge is 0.433 e. The van der Waals surface area contributed by atoms with Crippen LogP contribution in [0.15, 0.2) is 35.5 Å². The van der Waals surface area contributed by atoms with Gasteiger partial charge in [-0.3, -0.25) is 0 Å². The van der Waals surface area contributed by atoms with Gasteiger partial charge in [-0.25, -0.2) is 9.78 Å². The minimum absolute atomic E-state index is 0.00117. The molecule has 0 aliphatic rings. The van der Waals surface area contributed by atoms with E-state index in [2.05, 4.69) is 15.3 Å². The molecule has 0 aliphatic heterocycles. The molecule has 2 aromatic rings. The fourth-order valence-corrected chi connectivity index (χ4v) is 2.56. The zero-order valence-corrected chi connectivity index (χ0v) is 15.8. The average Bonchev–Trinajstić information content (AvgIpc) is 2.59. The predicted molar refractivity (Wildman–Crippen MR) is 97.3 cm³/mol. The number of carbonyl (C=O) groups is 1. The van der Waals surface area contributed by atoms with Gasteiger partial charge in [0.05, 0.1) is 0 Å². The van der Waals surface area contributed by atoms with Crippen LogP contribution in [0.25, 0.3) is 0 Å². The van der Waals surface area contributed by atoms with Crippen LogP contribution < -0.4 is 10.1 Å². The maximum Gasteiger partial charge on any atom is 0.433 e. The molecule has 2 amide bonds. The SMILES string of the molecule is CCCSc1nc(Oc2cccc(NC(=O)N(C)C)c2)cc(C(F)(F)F)n1. The molecule has 6 nitrogen and oxygen atoms in total. The summed E-state index contributed by atoms with van der Waals surface area (Å²) in [7, 11) is 3.18. The molecule has 1 aromatic carbocycles. The first-order chi connectivity index (χ1) is 12.7.